The zero-order valence-corrected chi connectivity index (χ0v) is 11.9. The highest BCUT2D eigenvalue weighted by Crippen LogP contribution is 2.27. The lowest BCUT2D eigenvalue weighted by Crippen LogP contribution is -2.17. The first-order valence-electron chi connectivity index (χ1n) is 5.51. The monoisotopic (exact) mass is 281 g/mol. The Labute approximate surface area is 114 Å². The van der Waals surface area contributed by atoms with Crippen molar-refractivity contribution in [3.05, 3.63) is 11.5 Å². The Morgan fingerprint density at radius 2 is 1.89 bits per heavy atom. The van der Waals surface area contributed by atoms with Gasteiger partial charge in [-0.2, -0.15) is 15.0 Å². The van der Waals surface area contributed by atoms with Crippen LogP contribution in [-0.4, -0.2) is 34.0 Å². The first-order valence-corrected chi connectivity index (χ1v) is 6.33. The Kier molecular flexibility index (Phi) is 3.86. The highest BCUT2D eigenvalue weighted by atomic mass is 32.2. The summed E-state index contributed by atoms with van der Waals surface area (Å²) in [6, 6.07) is 0. The van der Waals surface area contributed by atoms with E-state index in [1.165, 1.54) is 11.8 Å². The number of aryl methyl sites for hydroxylation is 2. The molecule has 0 fully saturated rings. The fourth-order valence-corrected chi connectivity index (χ4v) is 1.99. The second-order valence-electron chi connectivity index (χ2n) is 4.00. The quantitative estimate of drug-likeness (QED) is 0.626. The fourth-order valence-electron chi connectivity index (χ4n) is 1.22. The van der Waals surface area contributed by atoms with E-state index in [1.807, 2.05) is 27.9 Å². The number of hydrazine groups is 1. The number of nitrogens with two attached hydrogens (primary N) is 1. The van der Waals surface area contributed by atoms with Gasteiger partial charge in [0.25, 0.3) is 5.22 Å². The molecule has 0 saturated carbocycles. The van der Waals surface area contributed by atoms with Crippen LogP contribution in [0.1, 0.15) is 11.5 Å². The molecule has 0 aliphatic heterocycles. The topological polar surface area (TPSA) is 106 Å². The largest absolute Gasteiger partial charge is 0.436 e. The number of hydrogen-bond acceptors (Lipinski definition) is 9. The van der Waals surface area contributed by atoms with Gasteiger partial charge in [-0.05, 0) is 13.8 Å². The summed E-state index contributed by atoms with van der Waals surface area (Å²) in [5, 5.41) is 0.960. The van der Waals surface area contributed by atoms with Crippen molar-refractivity contribution < 1.29 is 4.42 Å². The minimum Gasteiger partial charge on any atom is -0.436 e. The first-order chi connectivity index (χ1) is 8.99. The molecular weight excluding hydrogens is 266 g/mol. The minimum atomic E-state index is 0.293. The Hall–Kier alpha value is -1.87. The van der Waals surface area contributed by atoms with E-state index < -0.39 is 0 Å². The molecule has 2 aromatic rings. The third-order valence-electron chi connectivity index (χ3n) is 2.32. The van der Waals surface area contributed by atoms with Crippen molar-refractivity contribution in [2.75, 3.05) is 24.4 Å². The van der Waals surface area contributed by atoms with Crippen molar-refractivity contribution in [3.63, 3.8) is 0 Å². The highest BCUT2D eigenvalue weighted by Gasteiger charge is 2.13. The number of hydrogen-bond donors (Lipinski definition) is 2. The van der Waals surface area contributed by atoms with Gasteiger partial charge in [-0.1, -0.05) is 0 Å². The van der Waals surface area contributed by atoms with Crippen LogP contribution >= 0.6 is 11.8 Å². The summed E-state index contributed by atoms with van der Waals surface area (Å²) < 4.78 is 5.48. The minimum absolute atomic E-state index is 0.293. The number of oxazole rings is 1. The lowest BCUT2D eigenvalue weighted by molar-refractivity contribution is 0.430. The van der Waals surface area contributed by atoms with Crippen molar-refractivity contribution in [1.82, 2.24) is 19.9 Å². The van der Waals surface area contributed by atoms with Crippen molar-refractivity contribution in [2.24, 2.45) is 5.84 Å². The van der Waals surface area contributed by atoms with Gasteiger partial charge in [0.15, 0.2) is 0 Å². The average molecular weight is 281 g/mol. The SMILES string of the molecule is Cc1nc(Sc2nc(NN)nc(N(C)C)n2)oc1C. The molecule has 0 unspecified atom stereocenters. The molecule has 0 aliphatic rings. The van der Waals surface area contributed by atoms with Gasteiger partial charge in [0.2, 0.25) is 17.1 Å². The van der Waals surface area contributed by atoms with Gasteiger partial charge in [0, 0.05) is 25.9 Å². The number of anilines is 2. The molecule has 8 nitrogen and oxygen atoms in total. The van der Waals surface area contributed by atoms with Crippen LogP contribution in [0.3, 0.4) is 0 Å². The zero-order valence-electron chi connectivity index (χ0n) is 11.1. The maximum Gasteiger partial charge on any atom is 0.264 e. The molecule has 19 heavy (non-hydrogen) atoms. The highest BCUT2D eigenvalue weighted by molar-refractivity contribution is 7.98. The molecule has 2 rings (SSSR count). The second-order valence-corrected chi connectivity index (χ2v) is 4.92. The Morgan fingerprint density at radius 3 is 2.42 bits per heavy atom. The van der Waals surface area contributed by atoms with Crippen molar-refractivity contribution in [2.45, 2.75) is 24.2 Å². The van der Waals surface area contributed by atoms with Crippen molar-refractivity contribution in [1.29, 1.82) is 0 Å². The summed E-state index contributed by atoms with van der Waals surface area (Å²) in [7, 11) is 3.67. The number of rotatable bonds is 4. The summed E-state index contributed by atoms with van der Waals surface area (Å²) in [5.74, 6) is 6.92. The van der Waals surface area contributed by atoms with E-state index in [2.05, 4.69) is 25.4 Å². The summed E-state index contributed by atoms with van der Waals surface area (Å²) >= 11 is 1.22. The Balaban J connectivity index is 2.31. The lowest BCUT2D eigenvalue weighted by Gasteiger charge is -2.11. The Bertz CT molecular complexity index is 564. The van der Waals surface area contributed by atoms with Gasteiger partial charge in [-0.25, -0.2) is 10.8 Å². The van der Waals surface area contributed by atoms with Crippen LogP contribution in [0.2, 0.25) is 0 Å². The molecule has 0 radical (unpaired) electrons. The molecule has 0 amide bonds. The standard InChI is InChI=1S/C10H15N7OS/c1-5-6(2)18-10(12-5)19-9-14-7(16-11)13-8(15-9)17(3)4/h11H2,1-4H3,(H,13,14,15,16). The molecule has 0 aliphatic carbocycles. The molecule has 3 N–H and O–H groups in total. The maximum absolute atomic E-state index is 5.48. The number of nitrogens with zero attached hydrogens (tertiary/aromatic N) is 5. The number of aromatic nitrogens is 4. The molecule has 2 heterocycles. The van der Waals surface area contributed by atoms with Crippen LogP contribution < -0.4 is 16.2 Å². The van der Waals surface area contributed by atoms with Gasteiger partial charge in [0.1, 0.15) is 5.76 Å². The number of nitrogens with one attached hydrogen (secondary N) is 1. The Morgan fingerprint density at radius 1 is 1.16 bits per heavy atom. The van der Waals surface area contributed by atoms with E-state index in [1.54, 1.807) is 4.90 Å². The van der Waals surface area contributed by atoms with E-state index in [0.717, 1.165) is 11.5 Å². The normalized spacial score (nSPS) is 10.6. The third kappa shape index (κ3) is 3.12. The third-order valence-corrected chi connectivity index (χ3v) is 3.03. The van der Waals surface area contributed by atoms with E-state index in [9.17, 15) is 0 Å². The first kappa shape index (κ1) is 13.6. The van der Waals surface area contributed by atoms with Crippen LogP contribution in [0, 0.1) is 13.8 Å². The lowest BCUT2D eigenvalue weighted by atomic mass is 10.4. The molecule has 9 heteroatoms. The summed E-state index contributed by atoms with van der Waals surface area (Å²) in [4.78, 5) is 18.6. The van der Waals surface area contributed by atoms with Crippen LogP contribution in [0.25, 0.3) is 0 Å². The zero-order chi connectivity index (χ0) is 14.0. The van der Waals surface area contributed by atoms with Crippen molar-refractivity contribution in [3.8, 4) is 0 Å². The van der Waals surface area contributed by atoms with Gasteiger partial charge < -0.3 is 9.32 Å². The summed E-state index contributed by atoms with van der Waals surface area (Å²) in [5.41, 5.74) is 3.26. The number of nitrogen functional groups attached to an aromatic ring is 1. The summed E-state index contributed by atoms with van der Waals surface area (Å²) in [6.07, 6.45) is 0. The van der Waals surface area contributed by atoms with Gasteiger partial charge in [-0.15, -0.1) is 0 Å². The van der Waals surface area contributed by atoms with Crippen LogP contribution in [0.4, 0.5) is 11.9 Å². The molecule has 0 atom stereocenters. The van der Waals surface area contributed by atoms with Crippen LogP contribution in [0.15, 0.2) is 14.8 Å². The van der Waals surface area contributed by atoms with Gasteiger partial charge >= 0.3 is 0 Å². The second kappa shape index (κ2) is 5.41. The van der Waals surface area contributed by atoms with E-state index in [-0.39, 0.29) is 0 Å². The predicted octanol–water partition coefficient (Wildman–Crippen LogP) is 0.979. The average Bonchev–Trinajstić information content (AvgIpc) is 2.67. The van der Waals surface area contributed by atoms with Crippen LogP contribution in [-0.2, 0) is 0 Å². The summed E-state index contributed by atoms with van der Waals surface area (Å²) in [6.45, 7) is 3.74. The van der Waals surface area contributed by atoms with Crippen molar-refractivity contribution >= 4 is 23.7 Å². The molecule has 102 valence electrons. The maximum atomic E-state index is 5.48. The molecule has 2 aromatic heterocycles. The molecule has 0 saturated heterocycles. The van der Waals surface area contributed by atoms with Gasteiger partial charge in [-0.3, -0.25) is 5.43 Å². The molecule has 0 bridgehead atoms. The van der Waals surface area contributed by atoms with E-state index >= 15 is 0 Å². The predicted molar refractivity (Wildman–Crippen MR) is 72.1 cm³/mol. The van der Waals surface area contributed by atoms with Crippen LogP contribution in [0.5, 0.6) is 0 Å². The van der Waals surface area contributed by atoms with E-state index in [4.69, 9.17) is 10.3 Å². The molecule has 0 aromatic carbocycles. The smallest absolute Gasteiger partial charge is 0.264 e. The molecule has 0 spiro atoms. The molecular formula is C10H15N7OS. The van der Waals surface area contributed by atoms with E-state index in [0.29, 0.717) is 22.3 Å². The van der Waals surface area contributed by atoms with Gasteiger partial charge in [0.05, 0.1) is 5.69 Å². The fraction of sp³-hybridized carbons (Fsp3) is 0.400.